The van der Waals surface area contributed by atoms with Crippen LogP contribution < -0.4 is 0 Å². The topological polar surface area (TPSA) is 191 Å². The van der Waals surface area contributed by atoms with E-state index in [-0.39, 0.29) is 19.4 Å². The molecule has 2 heterocycles. The Bertz CT molecular complexity index is 1290. The van der Waals surface area contributed by atoms with Gasteiger partial charge >= 0.3 is 35.8 Å². The van der Waals surface area contributed by atoms with Gasteiger partial charge in [-0.05, 0) is 19.8 Å². The van der Waals surface area contributed by atoms with Crippen LogP contribution in [-0.4, -0.2) is 101 Å². The van der Waals surface area contributed by atoms with E-state index >= 15 is 0 Å². The van der Waals surface area contributed by atoms with E-state index in [0.29, 0.717) is 5.57 Å². The van der Waals surface area contributed by atoms with E-state index in [0.717, 1.165) is 34.6 Å². The van der Waals surface area contributed by atoms with Gasteiger partial charge in [0.2, 0.25) is 0 Å². The molecule has 2 aliphatic carbocycles. The van der Waals surface area contributed by atoms with Gasteiger partial charge in [0.15, 0.2) is 30.0 Å². The maximum Gasteiger partial charge on any atom is 0.312 e. The number of aliphatic hydroxyl groups is 1. The number of ether oxygens (including phenoxy) is 7. The molecule has 1 spiro atoms. The molecule has 2 saturated carbocycles. The average molecular weight is 659 g/mol. The molecule has 0 unspecified atom stereocenters. The minimum atomic E-state index is -2.38. The van der Waals surface area contributed by atoms with Crippen molar-refractivity contribution in [1.82, 2.24) is 0 Å². The summed E-state index contributed by atoms with van der Waals surface area (Å²) in [4.78, 5) is 76.4. The highest BCUT2D eigenvalue weighted by molar-refractivity contribution is 6.23. The molecule has 12 atom stereocenters. The molecule has 0 aromatic carbocycles. The zero-order valence-corrected chi connectivity index (χ0v) is 26.9. The second-order valence-electron chi connectivity index (χ2n) is 12.4. The third-order valence-electron chi connectivity index (χ3n) is 9.44. The van der Waals surface area contributed by atoms with Crippen LogP contribution in [0.4, 0.5) is 0 Å². The maximum absolute atomic E-state index is 13.1. The van der Waals surface area contributed by atoms with Crippen molar-refractivity contribution in [2.75, 3.05) is 6.61 Å². The van der Waals surface area contributed by atoms with E-state index in [1.54, 1.807) is 6.92 Å². The van der Waals surface area contributed by atoms with Gasteiger partial charge in [0, 0.05) is 40.5 Å². The van der Waals surface area contributed by atoms with Crippen LogP contribution in [0.5, 0.6) is 0 Å². The summed E-state index contributed by atoms with van der Waals surface area (Å²) in [5.41, 5.74) is -5.51. The van der Waals surface area contributed by atoms with E-state index in [1.165, 1.54) is 6.92 Å². The summed E-state index contributed by atoms with van der Waals surface area (Å²) in [6.07, 6.45) is -8.98. The lowest BCUT2D eigenvalue weighted by Crippen LogP contribution is -2.76. The third kappa shape index (κ3) is 5.80. The van der Waals surface area contributed by atoms with Gasteiger partial charge in [-0.1, -0.05) is 19.1 Å². The number of carbonyl (C=O) groups excluding carboxylic acids is 6. The molecule has 0 radical (unpaired) electrons. The van der Waals surface area contributed by atoms with Crippen LogP contribution in [0.1, 0.15) is 61.3 Å². The zero-order chi connectivity index (χ0) is 33.8. The monoisotopic (exact) mass is 658 g/mol. The van der Waals surface area contributed by atoms with Gasteiger partial charge in [0.25, 0.3) is 0 Å². The van der Waals surface area contributed by atoms with Crippen molar-refractivity contribution in [3.05, 3.63) is 12.2 Å². The number of esters is 6. The first kappa shape index (κ1) is 34.6. The molecule has 14 nitrogen and oxygen atoms in total. The van der Waals surface area contributed by atoms with Crippen molar-refractivity contribution in [2.24, 2.45) is 17.3 Å². The quantitative estimate of drug-likeness (QED) is 0.146. The molecular weight excluding hydrogens is 620 g/mol. The lowest BCUT2D eigenvalue weighted by Gasteiger charge is -2.59. The van der Waals surface area contributed by atoms with E-state index in [9.17, 15) is 33.9 Å². The molecule has 15 heteroatoms. The van der Waals surface area contributed by atoms with Crippen LogP contribution in [0.3, 0.4) is 0 Å². The molecule has 0 aromatic heterocycles. The van der Waals surface area contributed by atoms with Gasteiger partial charge in [-0.25, -0.2) is 0 Å². The number of hydrogen-bond donors (Lipinski definition) is 1. The summed E-state index contributed by atoms with van der Waals surface area (Å²) < 4.78 is 40.7. The molecule has 0 aromatic rings. The Hall–Kier alpha value is -3.23. The number of fused-ring (bicyclic) bond motifs is 3. The zero-order valence-electron chi connectivity index (χ0n) is 26.2. The van der Waals surface area contributed by atoms with E-state index < -0.39 is 106 Å². The molecule has 0 amide bonds. The highest BCUT2D eigenvalue weighted by atomic mass is 35.5. The Morgan fingerprint density at radius 3 is 1.84 bits per heavy atom. The molecule has 45 heavy (non-hydrogen) atoms. The first-order chi connectivity index (χ1) is 20.8. The highest BCUT2D eigenvalue weighted by Gasteiger charge is 2.81. The van der Waals surface area contributed by atoms with Gasteiger partial charge in [-0.15, -0.1) is 11.6 Å². The predicted molar refractivity (Wildman–Crippen MR) is 150 cm³/mol. The number of halogens is 1. The fraction of sp³-hybridized carbons (Fsp3) is 0.733. The summed E-state index contributed by atoms with van der Waals surface area (Å²) in [5.74, 6) is -7.69. The van der Waals surface area contributed by atoms with Crippen LogP contribution in [0.15, 0.2) is 12.2 Å². The lowest BCUT2D eigenvalue weighted by atomic mass is 9.51. The minimum Gasteiger partial charge on any atom is -0.462 e. The van der Waals surface area contributed by atoms with Gasteiger partial charge in [-0.3, -0.25) is 28.8 Å². The molecule has 250 valence electrons. The Balaban J connectivity index is 2.14. The standard InChI is InChI=1S/C30H39ClO14/c1-12-9-10-19(40-14(3)32)28(8)22(26(44-18(7)36)30(38)13(2)27(37)45-23(30)20(12)31)29(11-39-29)25(43-17(6)35)21(41-15(4)33)24(28)42-16(5)34/h13,19-26,38H,1,9-11H2,2-8H3/t13-,19-,20-,21+,22+,23-,24-,25+,26-,28+,29-,30-/m1/s1. The summed E-state index contributed by atoms with van der Waals surface area (Å²) >= 11 is 6.81. The average Bonchev–Trinajstić information content (AvgIpc) is 3.67. The molecule has 0 bridgehead atoms. The number of epoxide rings is 1. The second kappa shape index (κ2) is 12.2. The summed E-state index contributed by atoms with van der Waals surface area (Å²) in [7, 11) is 0. The summed E-state index contributed by atoms with van der Waals surface area (Å²) in [6.45, 7) is 12.3. The molecule has 4 fully saturated rings. The fourth-order valence-corrected chi connectivity index (χ4v) is 7.89. The summed E-state index contributed by atoms with van der Waals surface area (Å²) in [6, 6.07) is 0. The Morgan fingerprint density at radius 2 is 1.36 bits per heavy atom. The van der Waals surface area contributed by atoms with Gasteiger partial charge in [0.05, 0.1) is 23.3 Å². The van der Waals surface area contributed by atoms with Crippen LogP contribution in [0.25, 0.3) is 0 Å². The fourth-order valence-electron chi connectivity index (χ4n) is 7.53. The van der Waals surface area contributed by atoms with Crippen molar-refractivity contribution in [2.45, 2.75) is 115 Å². The largest absolute Gasteiger partial charge is 0.462 e. The first-order valence-electron chi connectivity index (χ1n) is 14.6. The van der Waals surface area contributed by atoms with Crippen LogP contribution in [0.2, 0.25) is 0 Å². The van der Waals surface area contributed by atoms with Crippen molar-refractivity contribution in [3.63, 3.8) is 0 Å². The van der Waals surface area contributed by atoms with E-state index in [1.807, 2.05) is 0 Å². The van der Waals surface area contributed by atoms with E-state index in [4.69, 9.17) is 44.8 Å². The minimum absolute atomic E-state index is 0.00502. The van der Waals surface area contributed by atoms with Gasteiger partial charge < -0.3 is 38.3 Å². The molecule has 1 N–H and O–H groups in total. The van der Waals surface area contributed by atoms with Gasteiger partial charge in [-0.2, -0.15) is 0 Å². The first-order valence-corrected chi connectivity index (χ1v) is 15.0. The van der Waals surface area contributed by atoms with Crippen molar-refractivity contribution < 1.29 is 67.0 Å². The van der Waals surface area contributed by atoms with E-state index in [2.05, 4.69) is 6.58 Å². The normalized spacial score (nSPS) is 42.3. The lowest BCUT2D eigenvalue weighted by molar-refractivity contribution is -0.285. The highest BCUT2D eigenvalue weighted by Crippen LogP contribution is 2.64. The predicted octanol–water partition coefficient (Wildman–Crippen LogP) is 1.30. The number of hydrogen-bond acceptors (Lipinski definition) is 14. The van der Waals surface area contributed by atoms with Crippen molar-refractivity contribution in [1.29, 1.82) is 0 Å². The van der Waals surface area contributed by atoms with Crippen LogP contribution in [-0.2, 0) is 61.9 Å². The molecule has 4 aliphatic rings. The van der Waals surface area contributed by atoms with Crippen LogP contribution in [0, 0.1) is 17.3 Å². The molecule has 2 saturated heterocycles. The number of alkyl halides is 1. The Labute approximate surface area is 264 Å². The van der Waals surface area contributed by atoms with Crippen molar-refractivity contribution >= 4 is 47.4 Å². The smallest absolute Gasteiger partial charge is 0.312 e. The SMILES string of the molecule is C=C1CC[C@@H](OC(C)=O)[C@]2(C)[C@H](OC(C)=O)[C@H](OC(C)=O)[C@H](OC(C)=O)[C@@]3(CO3)[C@H]2[C@@H](OC(C)=O)[C@@]2(O)[C@H](C)C(=O)O[C@@H]2[C@@H]1Cl. The molecule has 2 aliphatic heterocycles. The maximum atomic E-state index is 13.1. The molecule has 4 rings (SSSR count). The summed E-state index contributed by atoms with van der Waals surface area (Å²) in [5, 5.41) is 11.5. The van der Waals surface area contributed by atoms with Crippen LogP contribution >= 0.6 is 11.6 Å². The van der Waals surface area contributed by atoms with Gasteiger partial charge in [0.1, 0.15) is 17.8 Å². The number of carbonyl (C=O) groups is 6. The molecular formula is C30H39ClO14. The second-order valence-corrected chi connectivity index (χ2v) is 12.9. The Morgan fingerprint density at radius 1 is 0.867 bits per heavy atom. The Kier molecular flexibility index (Phi) is 9.37. The third-order valence-corrected chi connectivity index (χ3v) is 9.97. The number of rotatable bonds is 5. The van der Waals surface area contributed by atoms with Crippen molar-refractivity contribution in [3.8, 4) is 0 Å².